The molecule has 6 atom stereocenters. The van der Waals surface area contributed by atoms with Gasteiger partial charge in [-0.25, -0.2) is 9.78 Å². The van der Waals surface area contributed by atoms with Gasteiger partial charge in [0.1, 0.15) is 0 Å². The fourth-order valence-electron chi connectivity index (χ4n) is 4.04. The first kappa shape index (κ1) is 13.8. The van der Waals surface area contributed by atoms with E-state index in [4.69, 9.17) is 19.2 Å². The molecule has 1 spiro atoms. The Morgan fingerprint density at radius 3 is 2.79 bits per heavy atom. The molecule has 5 nitrogen and oxygen atoms in total. The Kier molecular flexibility index (Phi) is 3.38. The van der Waals surface area contributed by atoms with Gasteiger partial charge in [-0.2, -0.15) is 0 Å². The lowest BCUT2D eigenvalue weighted by Gasteiger charge is -2.52. The van der Waals surface area contributed by atoms with Gasteiger partial charge in [0.2, 0.25) is 5.79 Å². The number of methoxy groups -OCH3 is 1. The van der Waals surface area contributed by atoms with Gasteiger partial charge in [-0.05, 0) is 32.1 Å². The van der Waals surface area contributed by atoms with E-state index in [1.807, 2.05) is 6.92 Å². The van der Waals surface area contributed by atoms with E-state index in [0.717, 1.165) is 25.7 Å². The molecule has 19 heavy (non-hydrogen) atoms. The van der Waals surface area contributed by atoms with Crippen LogP contribution in [0.2, 0.25) is 0 Å². The third kappa shape index (κ3) is 1.79. The minimum Gasteiger partial charge on any atom is -0.396 e. The summed E-state index contributed by atoms with van der Waals surface area (Å²) in [6.45, 7) is 4.11. The van der Waals surface area contributed by atoms with E-state index < -0.39 is 17.7 Å². The molecule has 3 heterocycles. The lowest BCUT2D eigenvalue weighted by molar-refractivity contribution is -0.560. The monoisotopic (exact) mass is 272 g/mol. The summed E-state index contributed by atoms with van der Waals surface area (Å²) in [6.07, 6.45) is 3.61. The predicted octanol–water partition coefficient (Wildman–Crippen LogP) is 1.84. The average molecular weight is 272 g/mol. The van der Waals surface area contributed by atoms with Gasteiger partial charge in [0.05, 0.1) is 0 Å². The maximum Gasteiger partial charge on any atom is 0.204 e. The maximum atomic E-state index is 9.73. The molecule has 0 radical (unpaired) electrons. The van der Waals surface area contributed by atoms with Crippen LogP contribution in [0, 0.1) is 17.8 Å². The molecule has 1 N–H and O–H groups in total. The molecule has 5 heteroatoms. The van der Waals surface area contributed by atoms with E-state index in [9.17, 15) is 5.11 Å². The van der Waals surface area contributed by atoms with Crippen molar-refractivity contribution in [3.05, 3.63) is 0 Å². The standard InChI is InChI=1S/C14H24O5/c1-9-7-10-5-4-6-11(8-15)14(10)12(16-3)17-13(9,2)18-19-14/h9-12,15H,4-8H2,1-3H3/t9-,10-,11+,12+,13-,14-/m1/s1. The van der Waals surface area contributed by atoms with Crippen molar-refractivity contribution in [3.63, 3.8) is 0 Å². The molecule has 4 aliphatic rings. The summed E-state index contributed by atoms with van der Waals surface area (Å²) in [6, 6.07) is 0. The third-order valence-electron chi connectivity index (χ3n) is 5.41. The van der Waals surface area contributed by atoms with E-state index in [-0.39, 0.29) is 18.4 Å². The summed E-state index contributed by atoms with van der Waals surface area (Å²) in [4.78, 5) is 11.5. The summed E-state index contributed by atoms with van der Waals surface area (Å²) in [5, 5.41) is 9.73. The van der Waals surface area contributed by atoms with Crippen LogP contribution >= 0.6 is 0 Å². The summed E-state index contributed by atoms with van der Waals surface area (Å²) in [5.41, 5.74) is -0.661. The van der Waals surface area contributed by atoms with Crippen LogP contribution < -0.4 is 0 Å². The number of aliphatic hydroxyl groups is 1. The molecule has 3 saturated heterocycles. The molecule has 0 unspecified atom stereocenters. The Hall–Kier alpha value is -0.200. The van der Waals surface area contributed by atoms with Crippen LogP contribution in [0.1, 0.15) is 39.5 Å². The van der Waals surface area contributed by atoms with Crippen LogP contribution in [0.5, 0.6) is 0 Å². The Bertz CT molecular complexity index is 345. The highest BCUT2D eigenvalue weighted by Gasteiger charge is 2.65. The SMILES string of the molecule is CO[C@H]1O[C@]2(C)OO[C@]13[C@H](CO)CCC[C@@H]3C[C@H]2C. The Morgan fingerprint density at radius 1 is 1.32 bits per heavy atom. The second-order valence-corrected chi connectivity index (χ2v) is 6.37. The average Bonchev–Trinajstić information content (AvgIpc) is 2.59. The van der Waals surface area contributed by atoms with E-state index in [0.29, 0.717) is 5.92 Å². The summed E-state index contributed by atoms with van der Waals surface area (Å²) >= 11 is 0. The third-order valence-corrected chi connectivity index (χ3v) is 5.41. The Labute approximate surface area is 114 Å². The van der Waals surface area contributed by atoms with Gasteiger partial charge >= 0.3 is 0 Å². The van der Waals surface area contributed by atoms with E-state index in [1.165, 1.54) is 0 Å². The molecular formula is C14H24O5. The van der Waals surface area contributed by atoms with Crippen molar-refractivity contribution in [2.24, 2.45) is 17.8 Å². The number of hydrogen-bond acceptors (Lipinski definition) is 5. The lowest BCUT2D eigenvalue weighted by Crippen LogP contribution is -2.64. The highest BCUT2D eigenvalue weighted by Crippen LogP contribution is 2.55. The minimum atomic E-state index is -0.761. The summed E-state index contributed by atoms with van der Waals surface area (Å²) in [5.74, 6) is -0.214. The number of fused-ring (bicyclic) bond motifs is 3. The molecule has 110 valence electrons. The quantitative estimate of drug-likeness (QED) is 0.777. The highest BCUT2D eigenvalue weighted by molar-refractivity contribution is 5.04. The van der Waals surface area contributed by atoms with E-state index in [1.54, 1.807) is 7.11 Å². The zero-order valence-corrected chi connectivity index (χ0v) is 11.9. The molecule has 1 saturated carbocycles. The number of rotatable bonds is 2. The van der Waals surface area contributed by atoms with Crippen molar-refractivity contribution in [3.8, 4) is 0 Å². The molecule has 4 fully saturated rings. The van der Waals surface area contributed by atoms with Gasteiger partial charge in [0.25, 0.3) is 0 Å². The van der Waals surface area contributed by atoms with Crippen molar-refractivity contribution in [1.29, 1.82) is 0 Å². The molecule has 0 aromatic rings. The lowest BCUT2D eigenvalue weighted by atomic mass is 9.66. The zero-order valence-electron chi connectivity index (χ0n) is 11.9. The van der Waals surface area contributed by atoms with Crippen LogP contribution in [0.25, 0.3) is 0 Å². The van der Waals surface area contributed by atoms with Gasteiger partial charge in [-0.3, -0.25) is 0 Å². The van der Waals surface area contributed by atoms with Crippen LogP contribution in [0.3, 0.4) is 0 Å². The van der Waals surface area contributed by atoms with E-state index >= 15 is 0 Å². The minimum absolute atomic E-state index is 0.00560. The smallest absolute Gasteiger partial charge is 0.204 e. The maximum absolute atomic E-state index is 9.73. The summed E-state index contributed by atoms with van der Waals surface area (Å²) in [7, 11) is 1.64. The van der Waals surface area contributed by atoms with Gasteiger partial charge in [0.15, 0.2) is 11.9 Å². The Balaban J connectivity index is 2.04. The molecule has 0 amide bonds. The van der Waals surface area contributed by atoms with Crippen molar-refractivity contribution in [2.75, 3.05) is 13.7 Å². The number of aliphatic hydroxyl groups excluding tert-OH is 1. The second kappa shape index (κ2) is 4.67. The second-order valence-electron chi connectivity index (χ2n) is 6.37. The van der Waals surface area contributed by atoms with Crippen molar-refractivity contribution in [2.45, 2.75) is 57.2 Å². The van der Waals surface area contributed by atoms with E-state index in [2.05, 4.69) is 6.92 Å². The van der Waals surface area contributed by atoms with Gasteiger partial charge in [-0.1, -0.05) is 13.3 Å². The molecule has 0 aromatic heterocycles. The van der Waals surface area contributed by atoms with Gasteiger partial charge in [-0.15, -0.1) is 0 Å². The molecular weight excluding hydrogens is 248 g/mol. The topological polar surface area (TPSA) is 57.2 Å². The van der Waals surface area contributed by atoms with Crippen LogP contribution in [0.4, 0.5) is 0 Å². The van der Waals surface area contributed by atoms with Crippen LogP contribution in [-0.2, 0) is 19.2 Å². The molecule has 2 bridgehead atoms. The van der Waals surface area contributed by atoms with Crippen molar-refractivity contribution in [1.82, 2.24) is 0 Å². The van der Waals surface area contributed by atoms with Gasteiger partial charge in [0, 0.05) is 25.6 Å². The molecule has 0 aromatic carbocycles. The molecule has 1 aliphatic carbocycles. The fraction of sp³-hybridized carbons (Fsp3) is 1.00. The number of ether oxygens (including phenoxy) is 2. The van der Waals surface area contributed by atoms with Crippen LogP contribution in [-0.4, -0.2) is 36.5 Å². The molecule has 3 aliphatic heterocycles. The highest BCUT2D eigenvalue weighted by atomic mass is 17.3. The normalized spacial score (nSPS) is 53.7. The van der Waals surface area contributed by atoms with Gasteiger partial charge < -0.3 is 14.6 Å². The fourth-order valence-corrected chi connectivity index (χ4v) is 4.04. The first-order valence-corrected chi connectivity index (χ1v) is 7.25. The first-order valence-electron chi connectivity index (χ1n) is 7.25. The number of hydrogen-bond donors (Lipinski definition) is 1. The summed E-state index contributed by atoms with van der Waals surface area (Å²) < 4.78 is 11.6. The van der Waals surface area contributed by atoms with Crippen molar-refractivity contribution >= 4 is 0 Å². The predicted molar refractivity (Wildman–Crippen MR) is 66.9 cm³/mol. The zero-order chi connectivity index (χ0) is 13.7. The Morgan fingerprint density at radius 2 is 2.11 bits per heavy atom. The largest absolute Gasteiger partial charge is 0.396 e. The van der Waals surface area contributed by atoms with Crippen molar-refractivity contribution < 1.29 is 24.4 Å². The van der Waals surface area contributed by atoms with Crippen LogP contribution in [0.15, 0.2) is 0 Å². The molecule has 4 rings (SSSR count). The first-order chi connectivity index (χ1) is 9.06.